The van der Waals surface area contributed by atoms with Gasteiger partial charge in [0.2, 0.25) is 0 Å². The molecule has 0 fully saturated rings. The first kappa shape index (κ1) is 13.1. The van der Waals surface area contributed by atoms with Gasteiger partial charge in [0.1, 0.15) is 5.75 Å². The quantitative estimate of drug-likeness (QED) is 0.858. The lowest BCUT2D eigenvalue weighted by atomic mass is 10.2. The van der Waals surface area contributed by atoms with Crippen LogP contribution in [0, 0.1) is 0 Å². The molecule has 2 rings (SSSR count). The predicted octanol–water partition coefficient (Wildman–Crippen LogP) is 2.53. The third-order valence-electron chi connectivity index (χ3n) is 2.40. The van der Waals surface area contributed by atoms with E-state index in [1.807, 2.05) is 32.0 Å². The maximum Gasteiger partial charge on any atom is 0.308 e. The lowest BCUT2D eigenvalue weighted by Crippen LogP contribution is -2.06. The van der Waals surface area contributed by atoms with E-state index >= 15 is 0 Å². The summed E-state index contributed by atoms with van der Waals surface area (Å²) in [7, 11) is 0. The van der Waals surface area contributed by atoms with Gasteiger partial charge in [0.25, 0.3) is 0 Å². The molecule has 0 saturated carbocycles. The van der Waals surface area contributed by atoms with Crippen molar-refractivity contribution >= 4 is 22.7 Å². The Bertz CT molecular complexity index is 623. The number of benzene rings is 1. The summed E-state index contributed by atoms with van der Waals surface area (Å²) in [5.41, 5.74) is 6.46. The molecule has 1 aromatic carbocycles. The fourth-order valence-electron chi connectivity index (χ4n) is 1.73. The number of fused-ring (bicyclic) bond motifs is 1. The molecule has 0 radical (unpaired) electrons. The third kappa shape index (κ3) is 3.13. The maximum atomic E-state index is 11.0. The van der Waals surface area contributed by atoms with Gasteiger partial charge < -0.3 is 15.2 Å². The van der Waals surface area contributed by atoms with Crippen molar-refractivity contribution in [2.24, 2.45) is 0 Å². The Morgan fingerprint density at radius 1 is 1.32 bits per heavy atom. The molecule has 100 valence electrons. The van der Waals surface area contributed by atoms with Crippen LogP contribution in [0.4, 0.5) is 5.82 Å². The third-order valence-corrected chi connectivity index (χ3v) is 2.40. The van der Waals surface area contributed by atoms with Gasteiger partial charge in [-0.15, -0.1) is 0 Å². The van der Waals surface area contributed by atoms with E-state index in [1.165, 1.54) is 6.92 Å². The Labute approximate surface area is 111 Å². The predicted molar refractivity (Wildman–Crippen MR) is 73.2 cm³/mol. The van der Waals surface area contributed by atoms with Crippen molar-refractivity contribution in [3.8, 4) is 11.5 Å². The standard InChI is InChI=1S/C14H16N2O3/c1-8(2)18-11-4-5-12-10(6-11)7-13(14(15)16-12)19-9(3)17/h4-8H,1-3H3,(H2,15,16). The number of nitrogen functional groups attached to an aromatic ring is 1. The Balaban J connectivity index is 2.45. The minimum atomic E-state index is -0.428. The number of pyridine rings is 1. The number of rotatable bonds is 3. The molecule has 5 heteroatoms. The van der Waals surface area contributed by atoms with Crippen LogP contribution in [0.25, 0.3) is 10.9 Å². The van der Waals surface area contributed by atoms with Crippen LogP contribution in [0.1, 0.15) is 20.8 Å². The Hall–Kier alpha value is -2.30. The second-order valence-corrected chi connectivity index (χ2v) is 4.49. The van der Waals surface area contributed by atoms with E-state index < -0.39 is 5.97 Å². The molecule has 0 saturated heterocycles. The van der Waals surface area contributed by atoms with Crippen molar-refractivity contribution in [3.63, 3.8) is 0 Å². The SMILES string of the molecule is CC(=O)Oc1cc2cc(OC(C)C)ccc2nc1N. The van der Waals surface area contributed by atoms with E-state index in [0.717, 1.165) is 16.7 Å². The van der Waals surface area contributed by atoms with Gasteiger partial charge in [0.15, 0.2) is 11.6 Å². The van der Waals surface area contributed by atoms with E-state index in [-0.39, 0.29) is 17.7 Å². The zero-order valence-electron chi connectivity index (χ0n) is 11.1. The van der Waals surface area contributed by atoms with Crippen LogP contribution >= 0.6 is 0 Å². The first-order chi connectivity index (χ1) is 8.95. The largest absolute Gasteiger partial charge is 0.491 e. The van der Waals surface area contributed by atoms with E-state index in [0.29, 0.717) is 0 Å². The van der Waals surface area contributed by atoms with Gasteiger partial charge in [-0.25, -0.2) is 4.98 Å². The molecule has 0 aliphatic rings. The summed E-state index contributed by atoms with van der Waals surface area (Å²) in [4.78, 5) is 15.2. The van der Waals surface area contributed by atoms with Crippen LogP contribution in [-0.2, 0) is 4.79 Å². The number of aromatic nitrogens is 1. The maximum absolute atomic E-state index is 11.0. The molecule has 0 unspecified atom stereocenters. The monoisotopic (exact) mass is 260 g/mol. The number of nitrogens with zero attached hydrogens (tertiary/aromatic N) is 1. The molecule has 0 aliphatic heterocycles. The minimum Gasteiger partial charge on any atom is -0.491 e. The van der Waals surface area contributed by atoms with E-state index in [1.54, 1.807) is 6.07 Å². The summed E-state index contributed by atoms with van der Waals surface area (Å²) in [6.45, 7) is 5.23. The number of ether oxygens (including phenoxy) is 2. The summed E-state index contributed by atoms with van der Waals surface area (Å²) in [5, 5.41) is 0.809. The number of nitrogens with two attached hydrogens (primary N) is 1. The highest BCUT2D eigenvalue weighted by Gasteiger charge is 2.08. The first-order valence-electron chi connectivity index (χ1n) is 6.01. The molecular weight excluding hydrogens is 244 g/mol. The van der Waals surface area contributed by atoms with E-state index in [4.69, 9.17) is 15.2 Å². The van der Waals surface area contributed by atoms with Crippen molar-refractivity contribution < 1.29 is 14.3 Å². The average Bonchev–Trinajstić information content (AvgIpc) is 2.29. The number of hydrogen-bond acceptors (Lipinski definition) is 5. The van der Waals surface area contributed by atoms with Crippen molar-refractivity contribution in [2.75, 3.05) is 5.73 Å². The molecule has 0 atom stereocenters. The Morgan fingerprint density at radius 2 is 2.05 bits per heavy atom. The van der Waals surface area contributed by atoms with Gasteiger partial charge in [-0.3, -0.25) is 4.79 Å². The van der Waals surface area contributed by atoms with Crippen molar-refractivity contribution in [1.29, 1.82) is 0 Å². The van der Waals surface area contributed by atoms with E-state index in [9.17, 15) is 4.79 Å². The van der Waals surface area contributed by atoms with Gasteiger partial charge in [-0.05, 0) is 38.1 Å². The number of hydrogen-bond donors (Lipinski definition) is 1. The van der Waals surface area contributed by atoms with Gasteiger partial charge >= 0.3 is 5.97 Å². The lowest BCUT2D eigenvalue weighted by molar-refractivity contribution is -0.131. The lowest BCUT2D eigenvalue weighted by Gasteiger charge is -2.11. The molecule has 0 aliphatic carbocycles. The van der Waals surface area contributed by atoms with Gasteiger partial charge in [0.05, 0.1) is 11.6 Å². The highest BCUT2D eigenvalue weighted by molar-refractivity contribution is 5.85. The van der Waals surface area contributed by atoms with Crippen LogP contribution < -0.4 is 15.2 Å². The highest BCUT2D eigenvalue weighted by atomic mass is 16.5. The summed E-state index contributed by atoms with van der Waals surface area (Å²) in [6, 6.07) is 7.18. The second-order valence-electron chi connectivity index (χ2n) is 4.49. The molecule has 1 heterocycles. The second kappa shape index (κ2) is 5.14. The van der Waals surface area contributed by atoms with Crippen LogP contribution in [0.5, 0.6) is 11.5 Å². The minimum absolute atomic E-state index is 0.0899. The van der Waals surface area contributed by atoms with Gasteiger partial charge in [0, 0.05) is 12.3 Å². The fraction of sp³-hybridized carbons (Fsp3) is 0.286. The molecule has 1 aromatic heterocycles. The van der Waals surface area contributed by atoms with E-state index in [2.05, 4.69) is 4.98 Å². The van der Waals surface area contributed by atoms with Gasteiger partial charge in [-0.1, -0.05) is 0 Å². The number of anilines is 1. The molecule has 0 amide bonds. The van der Waals surface area contributed by atoms with Crippen LogP contribution in [0.15, 0.2) is 24.3 Å². The number of carbonyl (C=O) groups is 1. The fourth-order valence-corrected chi connectivity index (χ4v) is 1.73. The van der Waals surface area contributed by atoms with Crippen LogP contribution in [-0.4, -0.2) is 17.1 Å². The molecule has 2 aromatic rings. The molecule has 19 heavy (non-hydrogen) atoms. The number of carbonyl (C=O) groups excluding carboxylic acids is 1. The molecule has 2 N–H and O–H groups in total. The van der Waals surface area contributed by atoms with Crippen LogP contribution in [0.2, 0.25) is 0 Å². The zero-order chi connectivity index (χ0) is 14.0. The molecule has 0 bridgehead atoms. The summed E-state index contributed by atoms with van der Waals surface area (Å²) in [5.74, 6) is 0.771. The summed E-state index contributed by atoms with van der Waals surface area (Å²) >= 11 is 0. The Morgan fingerprint density at radius 3 is 2.68 bits per heavy atom. The van der Waals surface area contributed by atoms with Crippen LogP contribution in [0.3, 0.4) is 0 Å². The van der Waals surface area contributed by atoms with Crippen molar-refractivity contribution in [1.82, 2.24) is 4.98 Å². The summed E-state index contributed by atoms with van der Waals surface area (Å²) < 4.78 is 10.6. The van der Waals surface area contributed by atoms with Gasteiger partial charge in [-0.2, -0.15) is 0 Å². The number of esters is 1. The normalized spacial score (nSPS) is 10.7. The highest BCUT2D eigenvalue weighted by Crippen LogP contribution is 2.28. The topological polar surface area (TPSA) is 74.4 Å². The molecule has 5 nitrogen and oxygen atoms in total. The van der Waals surface area contributed by atoms with Crippen molar-refractivity contribution in [3.05, 3.63) is 24.3 Å². The molecule has 0 spiro atoms. The molecular formula is C14H16N2O3. The Kier molecular flexibility index (Phi) is 3.55. The average molecular weight is 260 g/mol. The smallest absolute Gasteiger partial charge is 0.308 e. The zero-order valence-corrected chi connectivity index (χ0v) is 11.1. The summed E-state index contributed by atoms with van der Waals surface area (Å²) in [6.07, 6.45) is 0.0899. The first-order valence-corrected chi connectivity index (χ1v) is 6.01. The van der Waals surface area contributed by atoms with Crippen molar-refractivity contribution in [2.45, 2.75) is 26.9 Å².